The highest BCUT2D eigenvalue weighted by Gasteiger charge is 2.00. The van der Waals surface area contributed by atoms with E-state index in [4.69, 9.17) is 4.74 Å². The summed E-state index contributed by atoms with van der Waals surface area (Å²) in [6.07, 6.45) is 8.41. The van der Waals surface area contributed by atoms with Gasteiger partial charge in [-0.3, -0.25) is 4.79 Å². The van der Waals surface area contributed by atoms with Crippen molar-refractivity contribution in [1.82, 2.24) is 0 Å². The molecule has 4 nitrogen and oxygen atoms in total. The first-order valence-corrected chi connectivity index (χ1v) is 8.83. The fourth-order valence-electron chi connectivity index (χ4n) is 2.16. The largest absolute Gasteiger partial charge is 0.508 e. The normalized spacial score (nSPS) is 13.2. The number of aliphatic hydroxyl groups is 1. The molecule has 4 heteroatoms. The van der Waals surface area contributed by atoms with Gasteiger partial charge in [0.1, 0.15) is 17.3 Å². The Morgan fingerprint density at radius 2 is 1.56 bits per heavy atom. The van der Waals surface area contributed by atoms with E-state index in [0.717, 1.165) is 29.4 Å². The Morgan fingerprint density at radius 1 is 1.00 bits per heavy atom. The van der Waals surface area contributed by atoms with Crippen LogP contribution in [0.25, 0.3) is 12.2 Å². The van der Waals surface area contributed by atoms with Crippen molar-refractivity contribution in [2.24, 2.45) is 0 Å². The number of hydrogen-bond donors (Lipinski definition) is 2. The van der Waals surface area contributed by atoms with E-state index in [1.54, 1.807) is 36.4 Å². The van der Waals surface area contributed by atoms with Gasteiger partial charge >= 0.3 is 0 Å². The van der Waals surface area contributed by atoms with Crippen LogP contribution >= 0.6 is 0 Å². The topological polar surface area (TPSA) is 66.8 Å². The van der Waals surface area contributed by atoms with Crippen LogP contribution < -0.4 is 4.74 Å². The predicted molar refractivity (Wildman–Crippen MR) is 109 cm³/mol. The van der Waals surface area contributed by atoms with Gasteiger partial charge < -0.3 is 14.9 Å². The van der Waals surface area contributed by atoms with E-state index in [9.17, 15) is 15.0 Å². The first-order valence-electron chi connectivity index (χ1n) is 8.83. The lowest BCUT2D eigenvalue weighted by atomic mass is 10.1. The van der Waals surface area contributed by atoms with E-state index in [2.05, 4.69) is 6.92 Å². The zero-order chi connectivity index (χ0) is 19.6. The van der Waals surface area contributed by atoms with Crippen molar-refractivity contribution in [2.45, 2.75) is 26.4 Å². The van der Waals surface area contributed by atoms with Crippen molar-refractivity contribution in [3.8, 4) is 11.5 Å². The van der Waals surface area contributed by atoms with E-state index in [1.807, 2.05) is 31.2 Å². The van der Waals surface area contributed by atoms with Crippen molar-refractivity contribution >= 4 is 17.9 Å². The quantitative estimate of drug-likeness (QED) is 0.378. The highest BCUT2D eigenvalue weighted by atomic mass is 16.5. The molecule has 0 aliphatic carbocycles. The standard InChI is InChI=1S/C23H24O4/c1-3-17(2)27-23-14-8-19(9-15-23)7-13-22(26)16-21(25)12-6-18-4-10-20(24)11-5-18/h4-17,24,26H,3H2,1-2H3/b12-6+,13-7+,22-16?. The maximum absolute atomic E-state index is 11.9. The Balaban J connectivity index is 1.93. The minimum Gasteiger partial charge on any atom is -0.508 e. The number of carbonyl (C=O) groups excluding carboxylic acids is 1. The van der Waals surface area contributed by atoms with E-state index in [0.29, 0.717) is 0 Å². The number of phenols is 1. The van der Waals surface area contributed by atoms with E-state index in [-0.39, 0.29) is 23.4 Å². The molecule has 0 aromatic heterocycles. The number of aromatic hydroxyl groups is 1. The summed E-state index contributed by atoms with van der Waals surface area (Å²) in [5.74, 6) is 0.509. The molecule has 140 valence electrons. The first-order chi connectivity index (χ1) is 13.0. The van der Waals surface area contributed by atoms with E-state index >= 15 is 0 Å². The Hall–Kier alpha value is -3.27. The Bertz CT molecular complexity index is 828. The number of phenolic OH excluding ortho intramolecular Hbond substituents is 1. The molecule has 2 rings (SSSR count). The van der Waals surface area contributed by atoms with Gasteiger partial charge in [-0.25, -0.2) is 0 Å². The SMILES string of the molecule is CCC(C)Oc1ccc(/C=C/C(O)=CC(=O)/C=C/c2ccc(O)cc2)cc1. The molecule has 0 saturated heterocycles. The lowest BCUT2D eigenvalue weighted by Crippen LogP contribution is -2.09. The molecule has 2 aromatic rings. The molecule has 27 heavy (non-hydrogen) atoms. The maximum Gasteiger partial charge on any atom is 0.182 e. The molecule has 2 aromatic carbocycles. The number of ether oxygens (including phenoxy) is 1. The third-order valence-electron chi connectivity index (χ3n) is 3.86. The molecule has 0 radical (unpaired) electrons. The van der Waals surface area contributed by atoms with Crippen LogP contribution in [0.15, 0.2) is 72.5 Å². The smallest absolute Gasteiger partial charge is 0.182 e. The number of carbonyl (C=O) groups is 1. The van der Waals surface area contributed by atoms with Gasteiger partial charge in [0.05, 0.1) is 6.10 Å². The van der Waals surface area contributed by atoms with Gasteiger partial charge in [-0.2, -0.15) is 0 Å². The second kappa shape index (κ2) is 10.0. The summed E-state index contributed by atoms with van der Waals surface area (Å²) in [6, 6.07) is 14.0. The molecule has 0 aliphatic rings. The summed E-state index contributed by atoms with van der Waals surface area (Å²) in [5, 5.41) is 19.1. The molecule has 2 N–H and O–H groups in total. The molecule has 1 unspecified atom stereocenters. The van der Waals surface area contributed by atoms with Crippen molar-refractivity contribution in [3.63, 3.8) is 0 Å². The maximum atomic E-state index is 11.9. The van der Waals surface area contributed by atoms with Crippen LogP contribution in [0.1, 0.15) is 31.4 Å². The van der Waals surface area contributed by atoms with Crippen LogP contribution in [0.5, 0.6) is 11.5 Å². The molecule has 0 heterocycles. The zero-order valence-corrected chi connectivity index (χ0v) is 15.5. The van der Waals surface area contributed by atoms with Crippen LogP contribution in [0.2, 0.25) is 0 Å². The minimum atomic E-state index is -0.331. The third-order valence-corrected chi connectivity index (χ3v) is 3.86. The Labute approximate surface area is 159 Å². The summed E-state index contributed by atoms with van der Waals surface area (Å²) in [5.41, 5.74) is 1.67. The highest BCUT2D eigenvalue weighted by Crippen LogP contribution is 2.16. The van der Waals surface area contributed by atoms with Crippen LogP contribution in [0.4, 0.5) is 0 Å². The molecule has 0 bridgehead atoms. The molecule has 0 aliphatic heterocycles. The van der Waals surface area contributed by atoms with Gasteiger partial charge in [-0.1, -0.05) is 43.3 Å². The highest BCUT2D eigenvalue weighted by molar-refractivity contribution is 6.02. The van der Waals surface area contributed by atoms with Crippen LogP contribution in [-0.4, -0.2) is 22.1 Å². The number of allylic oxidation sites excluding steroid dienone is 3. The van der Waals surface area contributed by atoms with Gasteiger partial charge in [-0.15, -0.1) is 0 Å². The van der Waals surface area contributed by atoms with Crippen LogP contribution in [-0.2, 0) is 4.79 Å². The minimum absolute atomic E-state index is 0.129. The molecular weight excluding hydrogens is 340 g/mol. The van der Waals surface area contributed by atoms with E-state index in [1.165, 1.54) is 12.2 Å². The number of benzene rings is 2. The second-order valence-corrected chi connectivity index (χ2v) is 6.14. The lowest BCUT2D eigenvalue weighted by molar-refractivity contribution is -0.110. The summed E-state index contributed by atoms with van der Waals surface area (Å²) in [7, 11) is 0. The van der Waals surface area contributed by atoms with Gasteiger partial charge in [0.25, 0.3) is 0 Å². The molecule has 0 spiro atoms. The number of ketones is 1. The average Bonchev–Trinajstić information content (AvgIpc) is 2.67. The molecule has 0 fully saturated rings. The van der Waals surface area contributed by atoms with Crippen molar-refractivity contribution in [2.75, 3.05) is 0 Å². The Morgan fingerprint density at radius 3 is 2.15 bits per heavy atom. The fourth-order valence-corrected chi connectivity index (χ4v) is 2.16. The second-order valence-electron chi connectivity index (χ2n) is 6.14. The van der Waals surface area contributed by atoms with Gasteiger partial charge in [-0.05, 0) is 60.9 Å². The first kappa shape index (κ1) is 20.0. The van der Waals surface area contributed by atoms with Gasteiger partial charge in [0.15, 0.2) is 5.78 Å². The molecular formula is C23H24O4. The third kappa shape index (κ3) is 7.24. The van der Waals surface area contributed by atoms with Crippen LogP contribution in [0, 0.1) is 0 Å². The fraction of sp³-hybridized carbons (Fsp3) is 0.174. The van der Waals surface area contributed by atoms with Crippen molar-refractivity contribution in [3.05, 3.63) is 83.6 Å². The summed E-state index contributed by atoms with van der Waals surface area (Å²) in [6.45, 7) is 4.09. The number of hydrogen-bond acceptors (Lipinski definition) is 4. The van der Waals surface area contributed by atoms with Crippen LogP contribution in [0.3, 0.4) is 0 Å². The average molecular weight is 364 g/mol. The lowest BCUT2D eigenvalue weighted by Gasteiger charge is -2.12. The number of aliphatic hydroxyl groups excluding tert-OH is 1. The van der Waals surface area contributed by atoms with Crippen molar-refractivity contribution in [1.29, 1.82) is 0 Å². The summed E-state index contributed by atoms with van der Waals surface area (Å²) in [4.78, 5) is 11.9. The Kier molecular flexibility index (Phi) is 7.44. The van der Waals surface area contributed by atoms with Gasteiger partial charge in [0.2, 0.25) is 0 Å². The predicted octanol–water partition coefficient (Wildman–Crippen LogP) is 5.31. The number of rotatable bonds is 8. The van der Waals surface area contributed by atoms with Gasteiger partial charge in [0, 0.05) is 6.08 Å². The monoisotopic (exact) mass is 364 g/mol. The van der Waals surface area contributed by atoms with Crippen molar-refractivity contribution < 1.29 is 19.7 Å². The summed E-state index contributed by atoms with van der Waals surface area (Å²) < 4.78 is 5.72. The summed E-state index contributed by atoms with van der Waals surface area (Å²) >= 11 is 0. The van der Waals surface area contributed by atoms with E-state index < -0.39 is 0 Å². The molecule has 1 atom stereocenters. The molecule has 0 saturated carbocycles. The zero-order valence-electron chi connectivity index (χ0n) is 15.5. The molecule has 0 amide bonds.